The molecule has 1 rings (SSSR count). The van der Waals surface area contributed by atoms with Crippen molar-refractivity contribution in [1.29, 1.82) is 0 Å². The Hall–Kier alpha value is -1.51. The number of hydrogen-bond donors (Lipinski definition) is 1. The van der Waals surface area contributed by atoms with Gasteiger partial charge < -0.3 is 10.2 Å². The molecule has 0 spiro atoms. The first-order valence-corrected chi connectivity index (χ1v) is 9.65. The Morgan fingerprint density at radius 3 is 2.42 bits per heavy atom. The fourth-order valence-electron chi connectivity index (χ4n) is 2.16. The lowest BCUT2D eigenvalue weighted by molar-refractivity contribution is -0.121. The van der Waals surface area contributed by atoms with Crippen LogP contribution in [0.3, 0.4) is 0 Å². The minimum absolute atomic E-state index is 0.0451. The van der Waals surface area contributed by atoms with Crippen molar-refractivity contribution >= 4 is 15.9 Å². The van der Waals surface area contributed by atoms with Gasteiger partial charge in [-0.3, -0.25) is 4.79 Å². The van der Waals surface area contributed by atoms with E-state index in [0.717, 1.165) is 12.8 Å². The molecule has 0 heterocycles. The molecular weight excluding hydrogens is 333 g/mol. The van der Waals surface area contributed by atoms with Crippen LogP contribution in [0, 0.1) is 5.82 Å². The molecule has 1 amide bonds. The van der Waals surface area contributed by atoms with Crippen LogP contribution >= 0.6 is 0 Å². The number of carbonyl (C=O) groups excluding carboxylic acids is 1. The molecule has 0 atom stereocenters. The average molecular weight is 359 g/mol. The Labute approximate surface area is 143 Å². The lowest BCUT2D eigenvalue weighted by atomic mass is 10.2. The van der Waals surface area contributed by atoms with E-state index >= 15 is 0 Å². The molecular formula is C16H26FN3O3S. The van der Waals surface area contributed by atoms with E-state index in [1.807, 2.05) is 19.0 Å². The second kappa shape index (κ2) is 9.71. The molecule has 0 saturated carbocycles. The summed E-state index contributed by atoms with van der Waals surface area (Å²) in [6.45, 7) is 1.35. The summed E-state index contributed by atoms with van der Waals surface area (Å²) in [6.07, 6.45) is 1.88. The molecule has 136 valence electrons. The maximum absolute atomic E-state index is 13.5. The van der Waals surface area contributed by atoms with Crippen molar-refractivity contribution in [1.82, 2.24) is 14.5 Å². The number of amides is 1. The Balaban J connectivity index is 2.45. The fourth-order valence-corrected chi connectivity index (χ4v) is 3.04. The Kier molecular flexibility index (Phi) is 8.30. The molecule has 1 aromatic rings. The summed E-state index contributed by atoms with van der Waals surface area (Å²) in [5.74, 6) is -0.682. The van der Waals surface area contributed by atoms with Gasteiger partial charge in [0.25, 0.3) is 0 Å². The van der Waals surface area contributed by atoms with Crippen LogP contribution in [0.25, 0.3) is 0 Å². The van der Waals surface area contributed by atoms with Gasteiger partial charge in [-0.25, -0.2) is 17.1 Å². The largest absolute Gasteiger partial charge is 0.352 e. The molecule has 0 aromatic heterocycles. The first-order chi connectivity index (χ1) is 11.2. The molecule has 0 aliphatic heterocycles. The van der Waals surface area contributed by atoms with Gasteiger partial charge in [-0.05, 0) is 33.1 Å². The third-order valence-electron chi connectivity index (χ3n) is 3.50. The quantitative estimate of drug-likeness (QED) is 0.678. The maximum Gasteiger partial charge on any atom is 0.221 e. The number of rotatable bonds is 10. The summed E-state index contributed by atoms with van der Waals surface area (Å²) in [5.41, 5.74) is 0.400. The lowest BCUT2D eigenvalue weighted by Gasteiger charge is -2.20. The molecule has 0 bridgehead atoms. The van der Waals surface area contributed by atoms with Crippen LogP contribution in [0.4, 0.5) is 4.39 Å². The number of sulfonamides is 1. The first-order valence-electron chi connectivity index (χ1n) is 7.80. The van der Waals surface area contributed by atoms with E-state index in [1.165, 1.54) is 10.4 Å². The zero-order valence-electron chi connectivity index (χ0n) is 14.5. The van der Waals surface area contributed by atoms with E-state index < -0.39 is 10.0 Å². The molecule has 6 nitrogen and oxygen atoms in total. The Morgan fingerprint density at radius 1 is 1.17 bits per heavy atom. The normalized spacial score (nSPS) is 11.9. The van der Waals surface area contributed by atoms with E-state index in [-0.39, 0.29) is 31.2 Å². The smallest absolute Gasteiger partial charge is 0.221 e. The van der Waals surface area contributed by atoms with Gasteiger partial charge in [-0.15, -0.1) is 0 Å². The van der Waals surface area contributed by atoms with Crippen molar-refractivity contribution in [2.45, 2.75) is 19.4 Å². The molecule has 8 heteroatoms. The van der Waals surface area contributed by atoms with Gasteiger partial charge in [0, 0.05) is 31.6 Å². The minimum Gasteiger partial charge on any atom is -0.352 e. The van der Waals surface area contributed by atoms with Crippen molar-refractivity contribution in [3.8, 4) is 0 Å². The van der Waals surface area contributed by atoms with Gasteiger partial charge in [-0.1, -0.05) is 18.2 Å². The molecule has 0 aliphatic carbocycles. The summed E-state index contributed by atoms with van der Waals surface area (Å²) < 4.78 is 38.3. The van der Waals surface area contributed by atoms with Gasteiger partial charge in [0.15, 0.2) is 0 Å². The molecule has 1 N–H and O–H groups in total. The SMILES string of the molecule is CN(C)CCCN(CCC(=O)NCc1ccccc1F)S(C)(=O)=O. The van der Waals surface area contributed by atoms with Crippen molar-refractivity contribution in [3.63, 3.8) is 0 Å². The summed E-state index contributed by atoms with van der Waals surface area (Å²) in [5, 5.41) is 2.61. The van der Waals surface area contributed by atoms with E-state index in [0.29, 0.717) is 18.5 Å². The second-order valence-corrected chi connectivity index (χ2v) is 7.92. The first kappa shape index (κ1) is 20.5. The third kappa shape index (κ3) is 7.85. The Morgan fingerprint density at radius 2 is 1.83 bits per heavy atom. The highest BCUT2D eigenvalue weighted by Crippen LogP contribution is 2.06. The van der Waals surface area contributed by atoms with Gasteiger partial charge >= 0.3 is 0 Å². The molecule has 0 radical (unpaired) electrons. The van der Waals surface area contributed by atoms with Gasteiger partial charge in [-0.2, -0.15) is 0 Å². The molecule has 0 unspecified atom stereocenters. The summed E-state index contributed by atoms with van der Waals surface area (Å²) in [7, 11) is 0.478. The van der Waals surface area contributed by atoms with Crippen LogP contribution in [0.5, 0.6) is 0 Å². The number of benzene rings is 1. The minimum atomic E-state index is -3.36. The number of nitrogens with zero attached hydrogens (tertiary/aromatic N) is 2. The van der Waals surface area contributed by atoms with Crippen LogP contribution < -0.4 is 5.32 Å². The van der Waals surface area contributed by atoms with Gasteiger partial charge in [0.05, 0.1) is 6.26 Å². The number of halogens is 1. The zero-order chi connectivity index (χ0) is 18.2. The standard InChI is InChI=1S/C16H26FN3O3S/c1-19(2)10-6-11-20(24(3,22)23)12-9-16(21)18-13-14-7-4-5-8-15(14)17/h4-5,7-8H,6,9-13H2,1-3H3,(H,18,21). The van der Waals surface area contributed by atoms with Crippen LogP contribution in [-0.2, 0) is 21.4 Å². The second-order valence-electron chi connectivity index (χ2n) is 5.94. The summed E-state index contributed by atoms with van der Waals surface area (Å²) in [4.78, 5) is 13.9. The predicted octanol–water partition coefficient (Wildman–Crippen LogP) is 1.05. The fraction of sp³-hybridized carbons (Fsp3) is 0.562. The van der Waals surface area contributed by atoms with E-state index in [1.54, 1.807) is 18.2 Å². The third-order valence-corrected chi connectivity index (χ3v) is 4.81. The van der Waals surface area contributed by atoms with Crippen molar-refractivity contribution < 1.29 is 17.6 Å². The molecule has 24 heavy (non-hydrogen) atoms. The van der Waals surface area contributed by atoms with Crippen molar-refractivity contribution in [2.24, 2.45) is 0 Å². The van der Waals surface area contributed by atoms with E-state index in [2.05, 4.69) is 5.32 Å². The highest BCUT2D eigenvalue weighted by molar-refractivity contribution is 7.88. The van der Waals surface area contributed by atoms with E-state index in [9.17, 15) is 17.6 Å². The summed E-state index contributed by atoms with van der Waals surface area (Å²) in [6, 6.07) is 6.20. The molecule has 0 saturated heterocycles. The topological polar surface area (TPSA) is 69.7 Å². The maximum atomic E-state index is 13.5. The van der Waals surface area contributed by atoms with Crippen LogP contribution in [0.15, 0.2) is 24.3 Å². The number of nitrogens with one attached hydrogen (secondary N) is 1. The summed E-state index contributed by atoms with van der Waals surface area (Å²) >= 11 is 0. The molecule has 0 fully saturated rings. The van der Waals surface area contributed by atoms with Gasteiger partial charge in [0.1, 0.15) is 5.82 Å². The highest BCUT2D eigenvalue weighted by Gasteiger charge is 2.17. The number of hydrogen-bond acceptors (Lipinski definition) is 4. The number of carbonyl (C=O) groups is 1. The van der Waals surface area contributed by atoms with Crippen LogP contribution in [-0.4, -0.2) is 63.5 Å². The zero-order valence-corrected chi connectivity index (χ0v) is 15.3. The average Bonchev–Trinajstić information content (AvgIpc) is 2.48. The van der Waals surface area contributed by atoms with Crippen molar-refractivity contribution in [2.75, 3.05) is 40.0 Å². The van der Waals surface area contributed by atoms with Crippen molar-refractivity contribution in [3.05, 3.63) is 35.6 Å². The lowest BCUT2D eigenvalue weighted by Crippen LogP contribution is -2.36. The van der Waals surface area contributed by atoms with Crippen LogP contribution in [0.1, 0.15) is 18.4 Å². The van der Waals surface area contributed by atoms with Gasteiger partial charge in [0.2, 0.25) is 15.9 Å². The predicted molar refractivity (Wildman–Crippen MR) is 92.5 cm³/mol. The van der Waals surface area contributed by atoms with Crippen LogP contribution in [0.2, 0.25) is 0 Å². The highest BCUT2D eigenvalue weighted by atomic mass is 32.2. The molecule has 1 aromatic carbocycles. The van der Waals surface area contributed by atoms with E-state index in [4.69, 9.17) is 0 Å². The molecule has 0 aliphatic rings. The monoisotopic (exact) mass is 359 g/mol. The Bertz CT molecular complexity index is 635.